The average molecular weight is 368 g/mol. The second-order valence-electron chi connectivity index (χ2n) is 5.43. The molecule has 0 atom stereocenters. The van der Waals surface area contributed by atoms with Gasteiger partial charge < -0.3 is 20.1 Å². The highest BCUT2D eigenvalue weighted by Crippen LogP contribution is 2.16. The topological polar surface area (TPSA) is 111 Å². The highest BCUT2D eigenvalue weighted by molar-refractivity contribution is 5.99. The zero-order valence-electron chi connectivity index (χ0n) is 14.6. The summed E-state index contributed by atoms with van der Waals surface area (Å²) < 4.78 is 10.9. The summed E-state index contributed by atoms with van der Waals surface area (Å²) in [6.45, 7) is 0. The van der Waals surface area contributed by atoms with Gasteiger partial charge in [0.05, 0.1) is 26.0 Å². The van der Waals surface area contributed by atoms with Gasteiger partial charge in [-0.25, -0.2) is 14.6 Å². The molecule has 2 amide bonds. The van der Waals surface area contributed by atoms with Crippen LogP contribution in [0.25, 0.3) is 5.65 Å². The van der Waals surface area contributed by atoms with Crippen molar-refractivity contribution in [2.75, 3.05) is 24.9 Å². The van der Waals surface area contributed by atoms with Gasteiger partial charge in [-0.15, -0.1) is 0 Å². The molecule has 2 aromatic heterocycles. The fourth-order valence-electron chi connectivity index (χ4n) is 2.39. The molecule has 2 N–H and O–H groups in total. The number of pyridine rings is 1. The Hall–Kier alpha value is -3.88. The van der Waals surface area contributed by atoms with E-state index in [2.05, 4.69) is 20.4 Å². The van der Waals surface area contributed by atoms with Gasteiger partial charge in [0.25, 0.3) is 5.56 Å². The second-order valence-corrected chi connectivity index (χ2v) is 5.43. The van der Waals surface area contributed by atoms with Crippen molar-refractivity contribution in [3.8, 4) is 5.75 Å². The molecule has 1 aromatic carbocycles. The summed E-state index contributed by atoms with van der Waals surface area (Å²) in [5, 5.41) is 5.05. The van der Waals surface area contributed by atoms with Crippen molar-refractivity contribution in [2.24, 2.45) is 0 Å². The van der Waals surface area contributed by atoms with E-state index in [4.69, 9.17) is 4.74 Å². The van der Waals surface area contributed by atoms with Crippen LogP contribution in [0.15, 0.2) is 53.6 Å². The third-order valence-corrected chi connectivity index (χ3v) is 3.70. The van der Waals surface area contributed by atoms with Gasteiger partial charge in [0.2, 0.25) is 0 Å². The standard InChI is InChI=1S/C18H16N4O5/c1-26-13-5-3-4-12(8-13)20-18(25)21-14-9-19-15-7-6-11(17(24)27-2)10-22(15)16(14)23/h3-10H,1-2H3,(H2,20,21,25). The van der Waals surface area contributed by atoms with Crippen molar-refractivity contribution in [1.29, 1.82) is 0 Å². The Morgan fingerprint density at radius 1 is 1.11 bits per heavy atom. The van der Waals surface area contributed by atoms with E-state index in [1.54, 1.807) is 24.3 Å². The van der Waals surface area contributed by atoms with Crippen molar-refractivity contribution < 1.29 is 19.1 Å². The Bertz CT molecular complexity index is 1080. The van der Waals surface area contributed by atoms with E-state index in [1.165, 1.54) is 38.7 Å². The van der Waals surface area contributed by atoms with E-state index in [9.17, 15) is 14.4 Å². The van der Waals surface area contributed by atoms with E-state index in [0.717, 1.165) is 4.40 Å². The minimum atomic E-state index is -0.619. The van der Waals surface area contributed by atoms with Gasteiger partial charge >= 0.3 is 12.0 Å². The maximum absolute atomic E-state index is 12.6. The van der Waals surface area contributed by atoms with Crippen LogP contribution in [0, 0.1) is 0 Å². The maximum atomic E-state index is 12.6. The number of amides is 2. The van der Waals surface area contributed by atoms with Crippen LogP contribution in [0.3, 0.4) is 0 Å². The number of nitrogens with zero attached hydrogens (tertiary/aromatic N) is 2. The average Bonchev–Trinajstić information content (AvgIpc) is 2.69. The van der Waals surface area contributed by atoms with Gasteiger partial charge in [-0.1, -0.05) is 6.07 Å². The number of esters is 1. The number of nitrogens with one attached hydrogen (secondary N) is 2. The Kier molecular flexibility index (Phi) is 5.02. The van der Waals surface area contributed by atoms with Crippen LogP contribution in [0.2, 0.25) is 0 Å². The van der Waals surface area contributed by atoms with E-state index < -0.39 is 17.6 Å². The highest BCUT2D eigenvalue weighted by Gasteiger charge is 2.12. The smallest absolute Gasteiger partial charge is 0.339 e. The monoisotopic (exact) mass is 368 g/mol. The molecule has 9 nitrogen and oxygen atoms in total. The molecule has 0 saturated heterocycles. The fraction of sp³-hybridized carbons (Fsp3) is 0.111. The number of rotatable bonds is 4. The minimum Gasteiger partial charge on any atom is -0.497 e. The van der Waals surface area contributed by atoms with Crippen molar-refractivity contribution in [3.63, 3.8) is 0 Å². The molecule has 9 heteroatoms. The fourth-order valence-corrected chi connectivity index (χ4v) is 2.39. The first-order valence-corrected chi connectivity index (χ1v) is 7.83. The third kappa shape index (κ3) is 3.87. The molecule has 0 saturated carbocycles. The molecule has 0 bridgehead atoms. The quantitative estimate of drug-likeness (QED) is 0.683. The summed E-state index contributed by atoms with van der Waals surface area (Å²) >= 11 is 0. The number of carbonyl (C=O) groups is 2. The zero-order valence-corrected chi connectivity index (χ0v) is 14.6. The summed E-state index contributed by atoms with van der Waals surface area (Å²) in [5.74, 6) is -0.00601. The van der Waals surface area contributed by atoms with Gasteiger partial charge in [0.15, 0.2) is 0 Å². The van der Waals surface area contributed by atoms with Gasteiger partial charge in [0.1, 0.15) is 17.1 Å². The molecule has 3 rings (SSSR count). The number of hydrogen-bond donors (Lipinski definition) is 2. The van der Waals surface area contributed by atoms with Crippen LogP contribution in [0.5, 0.6) is 5.75 Å². The number of fused-ring (bicyclic) bond motifs is 1. The number of urea groups is 1. The molecule has 27 heavy (non-hydrogen) atoms. The Morgan fingerprint density at radius 2 is 1.93 bits per heavy atom. The largest absolute Gasteiger partial charge is 0.497 e. The number of aromatic nitrogens is 2. The van der Waals surface area contributed by atoms with E-state index >= 15 is 0 Å². The molecule has 2 heterocycles. The number of anilines is 2. The summed E-state index contributed by atoms with van der Waals surface area (Å²) in [7, 11) is 2.76. The molecule has 138 valence electrons. The summed E-state index contributed by atoms with van der Waals surface area (Å²) in [4.78, 5) is 40.5. The van der Waals surface area contributed by atoms with Gasteiger partial charge in [-0.3, -0.25) is 9.20 Å². The number of ether oxygens (including phenoxy) is 2. The number of methoxy groups -OCH3 is 2. The Balaban J connectivity index is 1.85. The van der Waals surface area contributed by atoms with Crippen LogP contribution < -0.4 is 20.9 Å². The lowest BCUT2D eigenvalue weighted by Crippen LogP contribution is -2.26. The summed E-state index contributed by atoms with van der Waals surface area (Å²) in [6.07, 6.45) is 2.56. The van der Waals surface area contributed by atoms with Gasteiger partial charge in [0, 0.05) is 18.0 Å². The van der Waals surface area contributed by atoms with Crippen LogP contribution >= 0.6 is 0 Å². The molecule has 0 aliphatic rings. The van der Waals surface area contributed by atoms with Crippen molar-refractivity contribution in [3.05, 3.63) is 64.7 Å². The van der Waals surface area contributed by atoms with Crippen LogP contribution in [-0.4, -0.2) is 35.6 Å². The molecule has 0 unspecified atom stereocenters. The lowest BCUT2D eigenvalue weighted by Gasteiger charge is -2.09. The van der Waals surface area contributed by atoms with E-state index in [-0.39, 0.29) is 11.3 Å². The maximum Gasteiger partial charge on any atom is 0.339 e. The highest BCUT2D eigenvalue weighted by atomic mass is 16.5. The lowest BCUT2D eigenvalue weighted by molar-refractivity contribution is 0.0600. The van der Waals surface area contributed by atoms with Crippen LogP contribution in [-0.2, 0) is 4.74 Å². The predicted molar refractivity (Wildman–Crippen MR) is 98.4 cm³/mol. The first-order chi connectivity index (χ1) is 13.0. The number of carbonyl (C=O) groups excluding carboxylic acids is 2. The molecule has 0 fully saturated rings. The van der Waals surface area contributed by atoms with E-state index in [1.807, 2.05) is 0 Å². The lowest BCUT2D eigenvalue weighted by atomic mass is 10.3. The predicted octanol–water partition coefficient (Wildman–Crippen LogP) is 2.13. The van der Waals surface area contributed by atoms with Crippen molar-refractivity contribution in [1.82, 2.24) is 9.38 Å². The molecule has 3 aromatic rings. The summed E-state index contributed by atoms with van der Waals surface area (Å²) in [6, 6.07) is 9.15. The summed E-state index contributed by atoms with van der Waals surface area (Å²) in [5.41, 5.74) is 0.424. The van der Waals surface area contributed by atoms with Gasteiger partial charge in [-0.05, 0) is 24.3 Å². The SMILES string of the molecule is COC(=O)c1ccc2ncc(NC(=O)Nc3cccc(OC)c3)c(=O)n2c1. The first-order valence-electron chi connectivity index (χ1n) is 7.83. The third-order valence-electron chi connectivity index (χ3n) is 3.70. The number of benzene rings is 1. The molecular weight excluding hydrogens is 352 g/mol. The van der Waals surface area contributed by atoms with E-state index in [0.29, 0.717) is 17.1 Å². The van der Waals surface area contributed by atoms with Crippen molar-refractivity contribution >= 4 is 29.0 Å². The second kappa shape index (κ2) is 7.56. The van der Waals surface area contributed by atoms with Crippen molar-refractivity contribution in [2.45, 2.75) is 0 Å². The molecule has 0 radical (unpaired) electrons. The van der Waals surface area contributed by atoms with Crippen LogP contribution in [0.1, 0.15) is 10.4 Å². The molecule has 0 aliphatic heterocycles. The Labute approximate surface area is 153 Å². The normalized spacial score (nSPS) is 10.3. The Morgan fingerprint density at radius 3 is 2.67 bits per heavy atom. The zero-order chi connectivity index (χ0) is 19.4. The number of hydrogen-bond acceptors (Lipinski definition) is 6. The first kappa shape index (κ1) is 17.9. The minimum absolute atomic E-state index is 0.0464. The van der Waals surface area contributed by atoms with Gasteiger partial charge in [-0.2, -0.15) is 0 Å². The molecule has 0 spiro atoms. The molecule has 0 aliphatic carbocycles. The van der Waals surface area contributed by atoms with Crippen LogP contribution in [0.4, 0.5) is 16.2 Å². The molecular formula is C18H16N4O5.